The van der Waals surface area contributed by atoms with Gasteiger partial charge in [-0.05, 0) is 148 Å². The molecular weight excluding hydrogens is 985 g/mol. The monoisotopic (exact) mass is 1100 g/mol. The molecule has 0 aliphatic heterocycles. The lowest BCUT2D eigenvalue weighted by molar-refractivity contribution is -0.167. The zero-order valence-electron chi connectivity index (χ0n) is 51.8. The lowest BCUT2D eigenvalue weighted by Crippen LogP contribution is -2.30. The summed E-state index contributed by atoms with van der Waals surface area (Å²) in [5.74, 6) is -0.946. The van der Waals surface area contributed by atoms with Crippen LogP contribution in [-0.4, -0.2) is 37.2 Å². The number of allylic oxidation sites excluding steroid dienone is 24. The van der Waals surface area contributed by atoms with Gasteiger partial charge in [0.05, 0.1) is 0 Å². The summed E-state index contributed by atoms with van der Waals surface area (Å²) in [5.41, 5.74) is 0. The second-order valence-corrected chi connectivity index (χ2v) is 21.3. The molecule has 80 heavy (non-hydrogen) atoms. The smallest absolute Gasteiger partial charge is 0.306 e. The van der Waals surface area contributed by atoms with Gasteiger partial charge >= 0.3 is 17.9 Å². The maximum Gasteiger partial charge on any atom is 0.306 e. The molecule has 1 atom stereocenters. The minimum Gasteiger partial charge on any atom is -0.462 e. The molecule has 0 N–H and O–H groups in total. The van der Waals surface area contributed by atoms with Crippen LogP contribution in [0.25, 0.3) is 0 Å². The molecule has 0 bridgehead atoms. The highest BCUT2D eigenvalue weighted by atomic mass is 16.6. The van der Waals surface area contributed by atoms with Crippen LogP contribution in [0.15, 0.2) is 146 Å². The van der Waals surface area contributed by atoms with Crippen LogP contribution in [0.5, 0.6) is 0 Å². The number of carbonyl (C=O) groups excluding carboxylic acids is 3. The van der Waals surface area contributed by atoms with Crippen molar-refractivity contribution in [3.8, 4) is 0 Å². The first-order chi connectivity index (χ1) is 39.5. The van der Waals surface area contributed by atoms with Crippen molar-refractivity contribution in [2.45, 2.75) is 290 Å². The molecule has 6 heteroatoms. The third-order valence-corrected chi connectivity index (χ3v) is 13.5. The van der Waals surface area contributed by atoms with Gasteiger partial charge in [0.1, 0.15) is 13.2 Å². The number of hydrogen-bond donors (Lipinski definition) is 0. The Kier molecular flexibility index (Phi) is 62.9. The molecular formula is C74H120O6. The van der Waals surface area contributed by atoms with Crippen LogP contribution in [0.1, 0.15) is 284 Å². The molecule has 0 fully saturated rings. The summed E-state index contributed by atoms with van der Waals surface area (Å²) in [6.07, 6.45) is 95.5. The molecule has 0 saturated heterocycles. The lowest BCUT2D eigenvalue weighted by atomic mass is 10.1. The molecule has 0 saturated carbocycles. The van der Waals surface area contributed by atoms with E-state index in [1.807, 2.05) is 0 Å². The average Bonchev–Trinajstić information content (AvgIpc) is 3.46. The summed E-state index contributed by atoms with van der Waals surface area (Å²) in [4.78, 5) is 38.4. The van der Waals surface area contributed by atoms with E-state index in [2.05, 4.69) is 167 Å². The molecule has 6 nitrogen and oxygen atoms in total. The SMILES string of the molecule is CC/C=C\C/C=C\C/C=C\C/C=C\C/C=C\C/C=C\C/C=C\CCCCCCCC(=O)OCC(COC(=O)CCCCCCC/C=C\C/C=C\CCCCCC)OC(=O)CCCCCCCC/C=C\C/C=C\C/C=C\CCCCC. The van der Waals surface area contributed by atoms with Crippen LogP contribution in [0, 0.1) is 0 Å². The van der Waals surface area contributed by atoms with E-state index >= 15 is 0 Å². The van der Waals surface area contributed by atoms with Gasteiger partial charge in [-0.2, -0.15) is 0 Å². The number of esters is 3. The van der Waals surface area contributed by atoms with Crippen LogP contribution in [0.3, 0.4) is 0 Å². The number of ether oxygens (including phenoxy) is 3. The minimum absolute atomic E-state index is 0.102. The van der Waals surface area contributed by atoms with Crippen molar-refractivity contribution in [1.29, 1.82) is 0 Å². The van der Waals surface area contributed by atoms with Crippen LogP contribution in [-0.2, 0) is 28.6 Å². The normalized spacial score (nSPS) is 13.1. The van der Waals surface area contributed by atoms with Crippen molar-refractivity contribution < 1.29 is 28.6 Å². The Labute approximate surface area is 493 Å². The van der Waals surface area contributed by atoms with Crippen molar-refractivity contribution in [2.75, 3.05) is 13.2 Å². The summed E-state index contributed by atoms with van der Waals surface area (Å²) in [6, 6.07) is 0. The third kappa shape index (κ3) is 64.1. The van der Waals surface area contributed by atoms with Crippen molar-refractivity contribution in [3.05, 3.63) is 146 Å². The zero-order valence-corrected chi connectivity index (χ0v) is 51.8. The highest BCUT2D eigenvalue weighted by Gasteiger charge is 2.19. The fraction of sp³-hybridized carbons (Fsp3) is 0.635. The largest absolute Gasteiger partial charge is 0.462 e. The molecule has 452 valence electrons. The molecule has 1 unspecified atom stereocenters. The molecule has 0 aromatic heterocycles. The predicted octanol–water partition coefficient (Wildman–Crippen LogP) is 22.7. The second-order valence-electron chi connectivity index (χ2n) is 21.3. The standard InChI is InChI=1S/C74H120O6/c1-4-7-10-13-16-19-22-25-28-31-33-34-35-36-37-38-39-40-42-43-46-49-52-55-58-61-64-67-73(76)79-70-71(69-78-72(75)66-63-60-57-54-51-48-45-30-27-24-21-18-15-12-9-6-3)80-74(77)68-65-62-59-56-53-50-47-44-41-32-29-26-23-20-17-14-11-8-5-2/h7,10,16-17,19-21,24-26,28-30,33-34,36-37,39-41,43-46,71H,4-6,8-9,11-15,18,22-23,27,31-32,35,38,42,47-70H2,1-3H3/b10-7-,19-16-,20-17-,24-21-,28-25-,29-26-,34-33-,37-36-,40-39-,44-41-,45-30-,46-43-. The molecule has 0 heterocycles. The number of carbonyl (C=O) groups is 3. The second kappa shape index (κ2) is 66.8. The van der Waals surface area contributed by atoms with E-state index in [4.69, 9.17) is 14.2 Å². The molecule has 0 aliphatic carbocycles. The van der Waals surface area contributed by atoms with Crippen molar-refractivity contribution >= 4 is 17.9 Å². The van der Waals surface area contributed by atoms with Gasteiger partial charge in [0.25, 0.3) is 0 Å². The molecule has 0 spiro atoms. The van der Waals surface area contributed by atoms with E-state index in [0.29, 0.717) is 19.3 Å². The Morgan fingerprint density at radius 1 is 0.263 bits per heavy atom. The summed E-state index contributed by atoms with van der Waals surface area (Å²) >= 11 is 0. The van der Waals surface area contributed by atoms with E-state index in [1.54, 1.807) is 0 Å². The molecule has 0 aromatic rings. The van der Waals surface area contributed by atoms with E-state index in [0.717, 1.165) is 173 Å². The van der Waals surface area contributed by atoms with Gasteiger partial charge in [-0.15, -0.1) is 0 Å². The third-order valence-electron chi connectivity index (χ3n) is 13.5. The van der Waals surface area contributed by atoms with Gasteiger partial charge in [-0.3, -0.25) is 14.4 Å². The highest BCUT2D eigenvalue weighted by molar-refractivity contribution is 5.71. The predicted molar refractivity (Wildman–Crippen MR) is 348 cm³/mol. The number of rotatable bonds is 58. The molecule has 0 amide bonds. The average molecular weight is 1110 g/mol. The Morgan fingerprint density at radius 2 is 0.487 bits per heavy atom. The lowest BCUT2D eigenvalue weighted by Gasteiger charge is -2.18. The van der Waals surface area contributed by atoms with Gasteiger partial charge in [-0.1, -0.05) is 263 Å². The van der Waals surface area contributed by atoms with Crippen LogP contribution >= 0.6 is 0 Å². The van der Waals surface area contributed by atoms with E-state index in [1.165, 1.54) is 70.6 Å². The van der Waals surface area contributed by atoms with Crippen LogP contribution < -0.4 is 0 Å². The molecule has 0 aromatic carbocycles. The maximum absolute atomic E-state index is 12.9. The van der Waals surface area contributed by atoms with Gasteiger partial charge in [0.15, 0.2) is 6.10 Å². The van der Waals surface area contributed by atoms with Crippen molar-refractivity contribution in [2.24, 2.45) is 0 Å². The fourth-order valence-corrected chi connectivity index (χ4v) is 8.64. The first-order valence-electron chi connectivity index (χ1n) is 32.8. The summed E-state index contributed by atoms with van der Waals surface area (Å²) in [7, 11) is 0. The summed E-state index contributed by atoms with van der Waals surface area (Å²) < 4.78 is 16.9. The molecule has 0 aliphatic rings. The van der Waals surface area contributed by atoms with Crippen LogP contribution in [0.2, 0.25) is 0 Å². The highest BCUT2D eigenvalue weighted by Crippen LogP contribution is 2.14. The minimum atomic E-state index is -0.808. The van der Waals surface area contributed by atoms with Gasteiger partial charge in [-0.25, -0.2) is 0 Å². The van der Waals surface area contributed by atoms with Crippen molar-refractivity contribution in [1.82, 2.24) is 0 Å². The topological polar surface area (TPSA) is 78.9 Å². The molecule has 0 radical (unpaired) electrons. The van der Waals surface area contributed by atoms with Gasteiger partial charge in [0.2, 0.25) is 0 Å². The summed E-state index contributed by atoms with van der Waals surface area (Å²) in [6.45, 7) is 6.45. The van der Waals surface area contributed by atoms with E-state index < -0.39 is 6.10 Å². The Morgan fingerprint density at radius 3 is 0.787 bits per heavy atom. The Balaban J connectivity index is 4.47. The first kappa shape index (κ1) is 75.3. The van der Waals surface area contributed by atoms with Gasteiger partial charge in [0, 0.05) is 19.3 Å². The van der Waals surface area contributed by atoms with Crippen LogP contribution in [0.4, 0.5) is 0 Å². The van der Waals surface area contributed by atoms with E-state index in [-0.39, 0.29) is 31.1 Å². The quantitative estimate of drug-likeness (QED) is 0.0261. The van der Waals surface area contributed by atoms with E-state index in [9.17, 15) is 14.4 Å². The molecule has 0 rings (SSSR count). The Bertz CT molecular complexity index is 1750. The van der Waals surface area contributed by atoms with Gasteiger partial charge < -0.3 is 14.2 Å². The maximum atomic E-state index is 12.9. The Hall–Kier alpha value is -4.71. The zero-order chi connectivity index (χ0) is 57.8. The fourth-order valence-electron chi connectivity index (χ4n) is 8.64. The number of hydrogen-bond acceptors (Lipinski definition) is 6. The summed E-state index contributed by atoms with van der Waals surface area (Å²) in [5, 5.41) is 0. The number of unbranched alkanes of at least 4 members (excludes halogenated alkanes) is 23. The van der Waals surface area contributed by atoms with Crippen molar-refractivity contribution in [3.63, 3.8) is 0 Å². The first-order valence-corrected chi connectivity index (χ1v) is 32.8.